The van der Waals surface area contributed by atoms with Crippen LogP contribution >= 0.6 is 12.2 Å². The van der Waals surface area contributed by atoms with Gasteiger partial charge in [0.15, 0.2) is 11.5 Å². The number of rotatable bonds is 8. The van der Waals surface area contributed by atoms with Gasteiger partial charge in [-0.15, -0.1) is 17.1 Å². The van der Waals surface area contributed by atoms with Crippen molar-refractivity contribution in [1.82, 2.24) is 10.7 Å². The van der Waals surface area contributed by atoms with Gasteiger partial charge in [-0.2, -0.15) is 0 Å². The Kier molecular flexibility index (Phi) is 7.64. The molecule has 0 atom stereocenters. The molecule has 0 bridgehead atoms. The fraction of sp³-hybridized carbons (Fsp3) is 0.200. The van der Waals surface area contributed by atoms with E-state index in [2.05, 4.69) is 41.5 Å². The fourth-order valence-electron chi connectivity index (χ4n) is 2.31. The predicted molar refractivity (Wildman–Crippen MR) is 109 cm³/mol. The zero-order valence-corrected chi connectivity index (χ0v) is 15.9. The summed E-state index contributed by atoms with van der Waals surface area (Å²) in [4.78, 5) is 0. The number of thiocarbonyl (C=S) groups is 1. The lowest BCUT2D eigenvalue weighted by molar-refractivity contribution is -0.500. The first kappa shape index (κ1) is 19.5. The lowest BCUT2D eigenvalue weighted by atomic mass is 10.1. The molecule has 3 N–H and O–H groups in total. The minimum atomic E-state index is 0.454. The smallest absolute Gasteiger partial charge is 0.224 e. The summed E-state index contributed by atoms with van der Waals surface area (Å²) in [5.74, 6) is 1.33. The number of hydrazine groups is 1. The number of hydrazone groups is 1. The second kappa shape index (κ2) is 10.2. The first-order valence-corrected chi connectivity index (χ1v) is 8.63. The van der Waals surface area contributed by atoms with Crippen molar-refractivity contribution in [2.75, 3.05) is 13.7 Å². The summed E-state index contributed by atoms with van der Waals surface area (Å²) in [6.07, 6.45) is 3.51. The zero-order chi connectivity index (χ0) is 18.8. The van der Waals surface area contributed by atoms with E-state index in [1.807, 2.05) is 30.3 Å². The number of para-hydroxylation sites is 1. The van der Waals surface area contributed by atoms with Gasteiger partial charge in [0, 0.05) is 6.54 Å². The molecule has 6 heteroatoms. The lowest BCUT2D eigenvalue weighted by Gasteiger charge is -2.12. The predicted octanol–water partition coefficient (Wildman–Crippen LogP) is 1.65. The molecule has 2 aromatic rings. The van der Waals surface area contributed by atoms with Gasteiger partial charge in [0.05, 0.1) is 12.7 Å². The number of hydrogen-bond acceptors (Lipinski definition) is 3. The Bertz CT molecular complexity index is 790. The van der Waals surface area contributed by atoms with Crippen LogP contribution in [-0.2, 0) is 6.61 Å². The van der Waals surface area contributed by atoms with E-state index in [1.54, 1.807) is 19.4 Å². The molecule has 2 rings (SSSR count). The van der Waals surface area contributed by atoms with E-state index in [1.165, 1.54) is 5.56 Å². The van der Waals surface area contributed by atoms with Crippen LogP contribution in [0.2, 0.25) is 0 Å². The third kappa shape index (κ3) is 5.89. The van der Waals surface area contributed by atoms with E-state index >= 15 is 0 Å². The van der Waals surface area contributed by atoms with Crippen molar-refractivity contribution in [3.8, 4) is 11.5 Å². The summed E-state index contributed by atoms with van der Waals surface area (Å²) in [7, 11) is 1.62. The molecule has 0 fully saturated rings. The van der Waals surface area contributed by atoms with E-state index in [4.69, 9.17) is 21.7 Å². The molecule has 0 amide bonds. The summed E-state index contributed by atoms with van der Waals surface area (Å²) in [5, 5.41) is 6.41. The van der Waals surface area contributed by atoms with Gasteiger partial charge in [-0.1, -0.05) is 42.0 Å². The third-order valence-electron chi connectivity index (χ3n) is 3.52. The average Bonchev–Trinajstić information content (AvgIpc) is 2.65. The van der Waals surface area contributed by atoms with E-state index < -0.39 is 0 Å². The van der Waals surface area contributed by atoms with Crippen molar-refractivity contribution in [2.24, 2.45) is 0 Å². The highest BCUT2D eigenvalue weighted by atomic mass is 32.1. The molecule has 0 aliphatic heterocycles. The van der Waals surface area contributed by atoms with E-state index in [-0.39, 0.29) is 0 Å². The maximum Gasteiger partial charge on any atom is 0.224 e. The lowest BCUT2D eigenvalue weighted by Crippen LogP contribution is -2.82. The van der Waals surface area contributed by atoms with Gasteiger partial charge >= 0.3 is 0 Å². The van der Waals surface area contributed by atoms with Crippen molar-refractivity contribution in [2.45, 2.75) is 13.5 Å². The number of ether oxygens (including phenoxy) is 2. The summed E-state index contributed by atoms with van der Waals surface area (Å²) in [5.41, 5.74) is 6.02. The Balaban J connectivity index is 2.11. The molecule has 0 saturated heterocycles. The number of nitrogens with one attached hydrogen (secondary N) is 3. The van der Waals surface area contributed by atoms with Crippen molar-refractivity contribution in [3.05, 3.63) is 71.8 Å². The van der Waals surface area contributed by atoms with Gasteiger partial charge in [0.25, 0.3) is 0 Å². The monoisotopic (exact) mass is 370 g/mol. The summed E-state index contributed by atoms with van der Waals surface area (Å²) in [6.45, 7) is 6.74. The number of benzene rings is 2. The van der Waals surface area contributed by atoms with Crippen molar-refractivity contribution >= 4 is 23.5 Å². The standard InChI is InChI=1S/C20H23N3O2S/c1-4-11-21-20(26)23-22-13-17-9-6-10-18(24-3)19(17)25-14-16-8-5-7-15(2)12-16/h4-10,12-13H,1,11,14H2,2-3H3,(H2,21,23,26)/p+1. The molecule has 0 saturated carbocycles. The minimum Gasteiger partial charge on any atom is -0.493 e. The molecule has 0 unspecified atom stereocenters. The topological polar surface area (TPSA) is 56.5 Å². The SMILES string of the molecule is C=CCNC(=S)N[NH+]=Cc1cccc(OC)c1OCc1cccc(C)c1. The van der Waals surface area contributed by atoms with Crippen LogP contribution in [0, 0.1) is 6.92 Å². The maximum atomic E-state index is 6.04. The average molecular weight is 370 g/mol. The highest BCUT2D eigenvalue weighted by molar-refractivity contribution is 7.80. The molecule has 2 aromatic carbocycles. The second-order valence-electron chi connectivity index (χ2n) is 5.57. The van der Waals surface area contributed by atoms with E-state index in [0.717, 1.165) is 11.1 Å². The van der Waals surface area contributed by atoms with Crippen LogP contribution in [0.15, 0.2) is 55.1 Å². The molecule has 0 aliphatic carbocycles. The van der Waals surface area contributed by atoms with Crippen LogP contribution in [0.25, 0.3) is 0 Å². The van der Waals surface area contributed by atoms with Gasteiger partial charge in [0.2, 0.25) is 11.3 Å². The maximum absolute atomic E-state index is 6.04. The van der Waals surface area contributed by atoms with Gasteiger partial charge in [-0.05, 0) is 36.8 Å². The second-order valence-corrected chi connectivity index (χ2v) is 5.98. The highest BCUT2D eigenvalue weighted by Gasteiger charge is 2.11. The largest absolute Gasteiger partial charge is 0.493 e. The van der Waals surface area contributed by atoms with E-state index in [9.17, 15) is 0 Å². The molecular weight excluding hydrogens is 346 g/mol. The molecule has 0 heterocycles. The van der Waals surface area contributed by atoms with Crippen LogP contribution in [0.3, 0.4) is 0 Å². The highest BCUT2D eigenvalue weighted by Crippen LogP contribution is 2.30. The van der Waals surface area contributed by atoms with Crippen LogP contribution < -0.4 is 25.3 Å². The number of methoxy groups -OCH3 is 1. The van der Waals surface area contributed by atoms with Gasteiger partial charge in [-0.25, -0.2) is 0 Å². The number of hydrogen-bond donors (Lipinski definition) is 3. The normalized spacial score (nSPS) is 10.4. The van der Waals surface area contributed by atoms with Gasteiger partial charge in [0.1, 0.15) is 6.61 Å². The first-order chi connectivity index (χ1) is 12.6. The molecule has 0 spiro atoms. The van der Waals surface area contributed by atoms with Crippen molar-refractivity contribution < 1.29 is 14.6 Å². The minimum absolute atomic E-state index is 0.454. The number of aryl methyl sites for hydroxylation is 1. The zero-order valence-electron chi connectivity index (χ0n) is 15.0. The molecule has 0 aromatic heterocycles. The molecule has 0 radical (unpaired) electrons. The van der Waals surface area contributed by atoms with Gasteiger partial charge in [-0.3, -0.25) is 0 Å². The Morgan fingerprint density at radius 1 is 1.27 bits per heavy atom. The molecule has 5 nitrogen and oxygen atoms in total. The van der Waals surface area contributed by atoms with Crippen molar-refractivity contribution in [1.29, 1.82) is 0 Å². The molecular formula is C20H24N3O2S+. The van der Waals surface area contributed by atoms with Crippen molar-refractivity contribution in [3.63, 3.8) is 0 Å². The molecule has 26 heavy (non-hydrogen) atoms. The Morgan fingerprint density at radius 3 is 2.81 bits per heavy atom. The fourth-order valence-corrected chi connectivity index (χ4v) is 2.45. The van der Waals surface area contributed by atoms with Crippen LogP contribution in [0.4, 0.5) is 0 Å². The van der Waals surface area contributed by atoms with E-state index in [0.29, 0.717) is 29.8 Å². The first-order valence-electron chi connectivity index (χ1n) is 8.23. The van der Waals surface area contributed by atoms with Crippen LogP contribution in [0.5, 0.6) is 11.5 Å². The van der Waals surface area contributed by atoms with Gasteiger partial charge < -0.3 is 14.8 Å². The summed E-state index contributed by atoms with van der Waals surface area (Å²) in [6, 6.07) is 13.9. The third-order valence-corrected chi connectivity index (χ3v) is 3.76. The van der Waals surface area contributed by atoms with Crippen LogP contribution in [-0.4, -0.2) is 25.0 Å². The summed E-state index contributed by atoms with van der Waals surface area (Å²) < 4.78 is 11.5. The Labute approximate surface area is 159 Å². The summed E-state index contributed by atoms with van der Waals surface area (Å²) >= 11 is 5.14. The molecule has 0 aliphatic rings. The molecule has 136 valence electrons. The Morgan fingerprint density at radius 2 is 2.08 bits per heavy atom. The quantitative estimate of drug-likeness (QED) is 0.286. The van der Waals surface area contributed by atoms with Crippen LogP contribution in [0.1, 0.15) is 16.7 Å². The Hall–Kier alpha value is -2.86.